The number of halogens is 1. The largest absolute Gasteiger partial charge is 0.327 e. The zero-order valence-electron chi connectivity index (χ0n) is 18.3. The summed E-state index contributed by atoms with van der Waals surface area (Å²) in [6.07, 6.45) is -0.578. The van der Waals surface area contributed by atoms with Gasteiger partial charge in [0.15, 0.2) is 0 Å². The van der Waals surface area contributed by atoms with Crippen LogP contribution in [0.3, 0.4) is 0 Å². The van der Waals surface area contributed by atoms with Crippen LogP contribution in [0.5, 0.6) is 0 Å². The first-order chi connectivity index (χ1) is 16.5. The molecule has 0 saturated heterocycles. The maximum Gasteiger partial charge on any atom is 0.266 e. The summed E-state index contributed by atoms with van der Waals surface area (Å²) in [5.41, 5.74) is 3.20. The smallest absolute Gasteiger partial charge is 0.266 e. The first-order valence-corrected chi connectivity index (χ1v) is 11.9. The lowest BCUT2D eigenvalue weighted by molar-refractivity contribution is -0.118. The number of para-hydroxylation sites is 2. The molecule has 1 unspecified atom stereocenters. The van der Waals surface area contributed by atoms with Crippen molar-refractivity contribution in [1.82, 2.24) is 5.32 Å². The second-order valence-electron chi connectivity index (χ2n) is 7.58. The molecule has 0 saturated carbocycles. The van der Waals surface area contributed by atoms with Crippen LogP contribution in [0.1, 0.15) is 17.3 Å². The second kappa shape index (κ2) is 10.5. The summed E-state index contributed by atoms with van der Waals surface area (Å²) in [6.45, 7) is 1.92. The van der Waals surface area contributed by atoms with Crippen molar-refractivity contribution in [2.24, 2.45) is 0 Å². The van der Waals surface area contributed by atoms with Crippen LogP contribution in [0.25, 0.3) is 0 Å². The Hall–Kier alpha value is -3.73. The molecule has 3 aromatic carbocycles. The summed E-state index contributed by atoms with van der Waals surface area (Å²) < 4.78 is 0. The quantitative estimate of drug-likeness (QED) is 0.486. The summed E-state index contributed by atoms with van der Waals surface area (Å²) in [5.74, 6) is -0.693. The Morgan fingerprint density at radius 1 is 1.09 bits per heavy atom. The van der Waals surface area contributed by atoms with Gasteiger partial charge in [-0.1, -0.05) is 71.9 Å². The van der Waals surface area contributed by atoms with Crippen molar-refractivity contribution in [3.8, 4) is 6.07 Å². The number of thioether (sulfide) groups is 1. The van der Waals surface area contributed by atoms with Crippen LogP contribution in [-0.2, 0) is 9.59 Å². The Balaban J connectivity index is 1.68. The third kappa shape index (κ3) is 5.09. The van der Waals surface area contributed by atoms with Gasteiger partial charge in [0.05, 0.1) is 5.75 Å². The van der Waals surface area contributed by atoms with E-state index in [1.165, 1.54) is 0 Å². The molecule has 1 aliphatic heterocycles. The average Bonchev–Trinajstić information content (AvgIpc) is 2.85. The van der Waals surface area contributed by atoms with E-state index in [0.29, 0.717) is 10.1 Å². The zero-order chi connectivity index (χ0) is 24.1. The second-order valence-corrected chi connectivity index (χ2v) is 8.98. The maximum atomic E-state index is 12.9. The third-order valence-corrected chi connectivity index (χ3v) is 6.61. The van der Waals surface area contributed by atoms with Gasteiger partial charge < -0.3 is 15.5 Å². The van der Waals surface area contributed by atoms with E-state index in [4.69, 9.17) is 11.6 Å². The van der Waals surface area contributed by atoms with Crippen molar-refractivity contribution in [2.45, 2.75) is 13.1 Å². The van der Waals surface area contributed by atoms with Crippen LogP contribution in [0.2, 0.25) is 5.02 Å². The Bertz CT molecular complexity index is 1290. The Morgan fingerprint density at radius 2 is 1.76 bits per heavy atom. The summed E-state index contributed by atoms with van der Waals surface area (Å²) in [6, 6.07) is 26.1. The third-order valence-electron chi connectivity index (χ3n) is 5.28. The van der Waals surface area contributed by atoms with E-state index in [9.17, 15) is 14.9 Å². The van der Waals surface area contributed by atoms with E-state index in [-0.39, 0.29) is 17.2 Å². The lowest BCUT2D eigenvalue weighted by Crippen LogP contribution is -2.46. The minimum Gasteiger partial charge on any atom is -0.327 e. The molecule has 6 nitrogen and oxygen atoms in total. The molecular formula is C26H21ClN4O2S. The van der Waals surface area contributed by atoms with Gasteiger partial charge in [0, 0.05) is 16.4 Å². The fourth-order valence-electron chi connectivity index (χ4n) is 3.60. The number of carbonyl (C=O) groups is 2. The number of anilines is 2. The number of rotatable bonds is 6. The minimum absolute atomic E-state index is 0.0266. The van der Waals surface area contributed by atoms with Crippen LogP contribution < -0.4 is 15.5 Å². The van der Waals surface area contributed by atoms with Crippen LogP contribution in [0, 0.1) is 18.3 Å². The van der Waals surface area contributed by atoms with Gasteiger partial charge in [0.2, 0.25) is 5.91 Å². The minimum atomic E-state index is -0.578. The van der Waals surface area contributed by atoms with Gasteiger partial charge >= 0.3 is 0 Å². The van der Waals surface area contributed by atoms with Crippen molar-refractivity contribution in [1.29, 1.82) is 5.26 Å². The predicted octanol–water partition coefficient (Wildman–Crippen LogP) is 5.39. The fraction of sp³-hybridized carbons (Fsp3) is 0.115. The highest BCUT2D eigenvalue weighted by molar-refractivity contribution is 8.03. The molecule has 3 aromatic rings. The molecule has 0 aromatic heterocycles. The molecule has 34 heavy (non-hydrogen) atoms. The van der Waals surface area contributed by atoms with Gasteiger partial charge in [0.25, 0.3) is 5.91 Å². The number of aryl methyl sites for hydroxylation is 1. The molecule has 0 spiro atoms. The van der Waals surface area contributed by atoms with E-state index >= 15 is 0 Å². The Kier molecular flexibility index (Phi) is 7.21. The van der Waals surface area contributed by atoms with Gasteiger partial charge in [-0.25, -0.2) is 0 Å². The highest BCUT2D eigenvalue weighted by atomic mass is 35.5. The summed E-state index contributed by atoms with van der Waals surface area (Å²) >= 11 is 7.22. The molecule has 8 heteroatoms. The maximum absolute atomic E-state index is 12.9. The monoisotopic (exact) mass is 488 g/mol. The molecule has 2 N–H and O–H groups in total. The van der Waals surface area contributed by atoms with E-state index in [1.54, 1.807) is 12.1 Å². The van der Waals surface area contributed by atoms with Gasteiger partial charge in [-0.3, -0.25) is 9.59 Å². The van der Waals surface area contributed by atoms with E-state index in [0.717, 1.165) is 34.3 Å². The highest BCUT2D eigenvalue weighted by Gasteiger charge is 2.36. The van der Waals surface area contributed by atoms with E-state index < -0.39 is 12.1 Å². The van der Waals surface area contributed by atoms with Crippen molar-refractivity contribution in [2.75, 3.05) is 16.0 Å². The zero-order valence-corrected chi connectivity index (χ0v) is 19.9. The number of hydrogen-bond donors (Lipinski definition) is 2. The first kappa shape index (κ1) is 23.4. The van der Waals surface area contributed by atoms with Gasteiger partial charge in [0.1, 0.15) is 22.8 Å². The van der Waals surface area contributed by atoms with Crippen molar-refractivity contribution < 1.29 is 9.59 Å². The number of nitriles is 1. The summed E-state index contributed by atoms with van der Waals surface area (Å²) in [5, 5.41) is 16.6. The van der Waals surface area contributed by atoms with Gasteiger partial charge in [-0.2, -0.15) is 5.26 Å². The van der Waals surface area contributed by atoms with Crippen LogP contribution >= 0.6 is 23.4 Å². The van der Waals surface area contributed by atoms with Crippen molar-refractivity contribution in [3.05, 3.63) is 106 Å². The molecule has 0 bridgehead atoms. The van der Waals surface area contributed by atoms with Gasteiger partial charge in [-0.05, 0) is 48.4 Å². The molecule has 1 heterocycles. The van der Waals surface area contributed by atoms with Gasteiger partial charge in [-0.15, -0.1) is 0 Å². The van der Waals surface area contributed by atoms with E-state index in [1.807, 2.05) is 84.6 Å². The lowest BCUT2D eigenvalue weighted by atomic mass is 10.1. The summed E-state index contributed by atoms with van der Waals surface area (Å²) in [7, 11) is 0. The molecule has 4 rings (SSSR count). The Morgan fingerprint density at radius 3 is 2.44 bits per heavy atom. The number of hydrogen-bond acceptors (Lipinski definition) is 5. The number of benzene rings is 3. The van der Waals surface area contributed by atoms with Crippen LogP contribution in [0.15, 0.2) is 89.5 Å². The number of nitrogens with one attached hydrogen (secondary N) is 2. The highest BCUT2D eigenvalue weighted by Crippen LogP contribution is 2.39. The molecular weight excluding hydrogens is 468 g/mol. The molecule has 170 valence electrons. The SMILES string of the molecule is Cc1ccccc1NC(=O)CSC1=C(C#N)C(=O)NC(c2ccc(Cl)cc2)N1c1ccccc1. The van der Waals surface area contributed by atoms with E-state index in [2.05, 4.69) is 10.6 Å². The topological polar surface area (TPSA) is 85.2 Å². The average molecular weight is 489 g/mol. The normalized spacial score (nSPS) is 15.5. The number of amides is 2. The van der Waals surface area contributed by atoms with Crippen LogP contribution in [0.4, 0.5) is 11.4 Å². The first-order valence-electron chi connectivity index (χ1n) is 10.5. The van der Waals surface area contributed by atoms with Crippen molar-refractivity contribution >= 4 is 46.6 Å². The standard InChI is InChI=1S/C26H21ClN4O2S/c1-17-7-5-6-10-22(17)29-23(32)16-34-26-21(15-28)25(33)30-24(18-11-13-19(27)14-12-18)31(26)20-8-3-2-4-9-20/h2-14,24H,16H2,1H3,(H,29,32)(H,30,33). The predicted molar refractivity (Wildman–Crippen MR) is 136 cm³/mol. The molecule has 0 fully saturated rings. The molecule has 0 radical (unpaired) electrons. The number of nitrogens with zero attached hydrogens (tertiary/aromatic N) is 2. The van der Waals surface area contributed by atoms with Crippen molar-refractivity contribution in [3.63, 3.8) is 0 Å². The summed E-state index contributed by atoms with van der Waals surface area (Å²) in [4.78, 5) is 27.5. The molecule has 1 atom stereocenters. The lowest BCUT2D eigenvalue weighted by Gasteiger charge is -2.39. The molecule has 2 amide bonds. The van der Waals surface area contributed by atoms with Crippen LogP contribution in [-0.4, -0.2) is 17.6 Å². The Labute approximate surface area is 207 Å². The number of carbonyl (C=O) groups excluding carboxylic acids is 2. The molecule has 0 aliphatic carbocycles. The fourth-order valence-corrected chi connectivity index (χ4v) is 4.70. The molecule has 1 aliphatic rings.